The van der Waals surface area contributed by atoms with Crippen LogP contribution >= 0.6 is 0 Å². The average molecular weight is 262 g/mol. The standard InChI is InChI=1S/C13H18N4O2/c14-11-4-3-9-7-16(8-10(9)6-11)12-2-1-5-15-13(12)17(18)19/h1-2,5,9-11H,3-4,6-8,14H2/t9-,10+,11?/m1/s1. The largest absolute Gasteiger partial charge is 0.387 e. The quantitative estimate of drug-likeness (QED) is 0.645. The van der Waals surface area contributed by atoms with Crippen LogP contribution in [-0.4, -0.2) is 29.0 Å². The van der Waals surface area contributed by atoms with Gasteiger partial charge in [0.1, 0.15) is 11.9 Å². The van der Waals surface area contributed by atoms with Crippen molar-refractivity contribution in [3.63, 3.8) is 0 Å². The minimum atomic E-state index is -0.400. The highest BCUT2D eigenvalue weighted by Gasteiger charge is 2.38. The summed E-state index contributed by atoms with van der Waals surface area (Å²) >= 11 is 0. The smallest absolute Gasteiger partial charge is 0.364 e. The van der Waals surface area contributed by atoms with E-state index in [2.05, 4.69) is 9.88 Å². The second-order valence-electron chi connectivity index (χ2n) is 5.60. The maximum atomic E-state index is 11.0. The summed E-state index contributed by atoms with van der Waals surface area (Å²) in [5.74, 6) is 1.16. The molecule has 0 aromatic carbocycles. The molecule has 0 spiro atoms. The maximum absolute atomic E-state index is 11.0. The van der Waals surface area contributed by atoms with Crippen molar-refractivity contribution in [3.8, 4) is 0 Å². The fraction of sp³-hybridized carbons (Fsp3) is 0.615. The van der Waals surface area contributed by atoms with E-state index in [1.807, 2.05) is 0 Å². The van der Waals surface area contributed by atoms with Gasteiger partial charge in [0.2, 0.25) is 0 Å². The molecule has 2 fully saturated rings. The lowest BCUT2D eigenvalue weighted by Crippen LogP contribution is -2.32. The van der Waals surface area contributed by atoms with Gasteiger partial charge in [-0.2, -0.15) is 0 Å². The summed E-state index contributed by atoms with van der Waals surface area (Å²) in [5.41, 5.74) is 6.66. The molecule has 1 aliphatic heterocycles. The molecule has 1 aliphatic carbocycles. The second-order valence-corrected chi connectivity index (χ2v) is 5.60. The molecule has 2 heterocycles. The number of rotatable bonds is 2. The third-order valence-corrected chi connectivity index (χ3v) is 4.37. The number of nitrogens with zero attached hydrogens (tertiary/aromatic N) is 3. The van der Waals surface area contributed by atoms with Gasteiger partial charge in [-0.3, -0.25) is 0 Å². The predicted octanol–water partition coefficient (Wildman–Crippen LogP) is 1.55. The first kappa shape index (κ1) is 12.3. The Hall–Kier alpha value is -1.69. The van der Waals surface area contributed by atoms with Crippen molar-refractivity contribution in [1.29, 1.82) is 0 Å². The molecule has 2 aliphatic rings. The summed E-state index contributed by atoms with van der Waals surface area (Å²) in [5, 5.41) is 11.0. The molecular formula is C13H18N4O2. The van der Waals surface area contributed by atoms with Gasteiger partial charge in [0.25, 0.3) is 0 Å². The molecule has 0 amide bonds. The number of nitro groups is 1. The molecule has 19 heavy (non-hydrogen) atoms. The summed E-state index contributed by atoms with van der Waals surface area (Å²) in [6.45, 7) is 1.76. The lowest BCUT2D eigenvalue weighted by Gasteiger charge is -2.27. The molecule has 2 N–H and O–H groups in total. The maximum Gasteiger partial charge on any atom is 0.387 e. The Kier molecular flexibility index (Phi) is 3.10. The summed E-state index contributed by atoms with van der Waals surface area (Å²) in [6.07, 6.45) is 4.72. The van der Waals surface area contributed by atoms with E-state index < -0.39 is 4.92 Å². The fourth-order valence-corrected chi connectivity index (χ4v) is 3.44. The predicted molar refractivity (Wildman–Crippen MR) is 71.9 cm³/mol. The lowest BCUT2D eigenvalue weighted by molar-refractivity contribution is -0.388. The Morgan fingerprint density at radius 3 is 2.95 bits per heavy atom. The van der Waals surface area contributed by atoms with Gasteiger partial charge < -0.3 is 20.7 Å². The SMILES string of the molecule is NC1CC[C@@H]2CN(c3cccnc3[N+](=O)[O-])C[C@@H]2C1. The second kappa shape index (κ2) is 4.77. The average Bonchev–Trinajstić information content (AvgIpc) is 2.81. The number of hydrogen-bond donors (Lipinski definition) is 1. The third-order valence-electron chi connectivity index (χ3n) is 4.37. The van der Waals surface area contributed by atoms with E-state index in [1.54, 1.807) is 12.1 Å². The van der Waals surface area contributed by atoms with Crippen molar-refractivity contribution in [1.82, 2.24) is 4.98 Å². The van der Waals surface area contributed by atoms with Gasteiger partial charge in [-0.1, -0.05) is 0 Å². The zero-order chi connectivity index (χ0) is 13.4. The Morgan fingerprint density at radius 1 is 1.37 bits per heavy atom. The molecule has 0 bridgehead atoms. The van der Waals surface area contributed by atoms with E-state index in [9.17, 15) is 10.1 Å². The summed E-state index contributed by atoms with van der Waals surface area (Å²) in [7, 11) is 0. The summed E-state index contributed by atoms with van der Waals surface area (Å²) in [6, 6.07) is 3.85. The van der Waals surface area contributed by atoms with E-state index >= 15 is 0 Å². The highest BCUT2D eigenvalue weighted by Crippen LogP contribution is 2.39. The zero-order valence-corrected chi connectivity index (χ0v) is 10.7. The molecule has 1 saturated heterocycles. The van der Waals surface area contributed by atoms with Gasteiger partial charge in [-0.25, -0.2) is 0 Å². The van der Waals surface area contributed by atoms with Crippen LogP contribution < -0.4 is 10.6 Å². The van der Waals surface area contributed by atoms with Crippen LogP contribution in [0.2, 0.25) is 0 Å². The first-order chi connectivity index (χ1) is 9.15. The van der Waals surface area contributed by atoms with Crippen molar-refractivity contribution in [2.75, 3.05) is 18.0 Å². The molecule has 0 radical (unpaired) electrons. The fourth-order valence-electron chi connectivity index (χ4n) is 3.44. The molecule has 1 aromatic heterocycles. The number of hydrogen-bond acceptors (Lipinski definition) is 5. The monoisotopic (exact) mass is 262 g/mol. The van der Waals surface area contributed by atoms with Gasteiger partial charge in [0, 0.05) is 19.1 Å². The normalized spacial score (nSPS) is 30.2. The van der Waals surface area contributed by atoms with E-state index in [-0.39, 0.29) is 5.82 Å². The number of aromatic nitrogens is 1. The summed E-state index contributed by atoms with van der Waals surface area (Å²) < 4.78 is 0. The summed E-state index contributed by atoms with van der Waals surface area (Å²) in [4.78, 5) is 16.6. The Labute approximate surface area is 111 Å². The molecule has 6 heteroatoms. The van der Waals surface area contributed by atoms with E-state index in [0.717, 1.165) is 32.4 Å². The Balaban J connectivity index is 1.83. The van der Waals surface area contributed by atoms with Gasteiger partial charge in [0.05, 0.1) is 0 Å². The molecule has 6 nitrogen and oxygen atoms in total. The number of nitrogens with two attached hydrogens (primary N) is 1. The molecule has 1 saturated carbocycles. The topological polar surface area (TPSA) is 85.3 Å². The van der Waals surface area contributed by atoms with Gasteiger partial charge in [0.15, 0.2) is 0 Å². The van der Waals surface area contributed by atoms with Crippen molar-refractivity contribution in [3.05, 3.63) is 28.4 Å². The Morgan fingerprint density at radius 2 is 2.16 bits per heavy atom. The van der Waals surface area contributed by atoms with Crippen molar-refractivity contribution >= 4 is 11.5 Å². The van der Waals surface area contributed by atoms with E-state index in [0.29, 0.717) is 23.6 Å². The van der Waals surface area contributed by atoms with Crippen LogP contribution in [0.5, 0.6) is 0 Å². The van der Waals surface area contributed by atoms with Crippen LogP contribution in [0, 0.1) is 22.0 Å². The Bertz CT molecular complexity index is 493. The van der Waals surface area contributed by atoms with Crippen LogP contribution in [0.15, 0.2) is 18.3 Å². The van der Waals surface area contributed by atoms with Crippen LogP contribution in [0.4, 0.5) is 11.5 Å². The van der Waals surface area contributed by atoms with Crippen LogP contribution in [-0.2, 0) is 0 Å². The molecule has 1 aromatic rings. The van der Waals surface area contributed by atoms with Crippen molar-refractivity contribution < 1.29 is 4.92 Å². The highest BCUT2D eigenvalue weighted by atomic mass is 16.6. The molecule has 3 atom stereocenters. The first-order valence-electron chi connectivity index (χ1n) is 6.75. The van der Waals surface area contributed by atoms with Gasteiger partial charge >= 0.3 is 5.82 Å². The van der Waals surface area contributed by atoms with Crippen molar-refractivity contribution in [2.45, 2.75) is 25.3 Å². The highest BCUT2D eigenvalue weighted by molar-refractivity contribution is 5.59. The van der Waals surface area contributed by atoms with Gasteiger partial charge in [-0.15, -0.1) is 0 Å². The zero-order valence-electron chi connectivity index (χ0n) is 10.7. The number of anilines is 1. The molecule has 102 valence electrons. The van der Waals surface area contributed by atoms with E-state index in [1.165, 1.54) is 6.20 Å². The van der Waals surface area contributed by atoms with Crippen LogP contribution in [0.3, 0.4) is 0 Å². The van der Waals surface area contributed by atoms with E-state index in [4.69, 9.17) is 5.73 Å². The van der Waals surface area contributed by atoms with Crippen molar-refractivity contribution in [2.24, 2.45) is 17.6 Å². The molecule has 3 rings (SSSR count). The minimum Gasteiger partial charge on any atom is -0.364 e. The third kappa shape index (κ3) is 2.28. The van der Waals surface area contributed by atoms with Gasteiger partial charge in [-0.05, 0) is 53.1 Å². The number of fused-ring (bicyclic) bond motifs is 1. The van der Waals surface area contributed by atoms with Crippen LogP contribution in [0.1, 0.15) is 19.3 Å². The molecular weight excluding hydrogens is 244 g/mol. The lowest BCUT2D eigenvalue weighted by atomic mass is 9.79. The minimum absolute atomic E-state index is 0.0366. The van der Waals surface area contributed by atoms with Crippen LogP contribution in [0.25, 0.3) is 0 Å². The number of pyridine rings is 1. The molecule has 1 unspecified atom stereocenters. The first-order valence-corrected chi connectivity index (χ1v) is 6.75.